The highest BCUT2D eigenvalue weighted by molar-refractivity contribution is 5.80. The number of carbonyl (C=O) groups is 3. The Morgan fingerprint density at radius 2 is 1.56 bits per heavy atom. The topological polar surface area (TPSA) is 95.9 Å². The molecule has 180 valence electrons. The number of hydrogen-bond donors (Lipinski definition) is 2. The van der Waals surface area contributed by atoms with Gasteiger partial charge in [0.15, 0.2) is 0 Å². The molecule has 2 N–H and O–H groups in total. The van der Waals surface area contributed by atoms with Gasteiger partial charge >= 0.3 is 12.1 Å². The molecule has 0 bridgehead atoms. The van der Waals surface area contributed by atoms with Crippen LogP contribution in [0, 0.1) is 11.8 Å². The predicted molar refractivity (Wildman–Crippen MR) is 128 cm³/mol. The van der Waals surface area contributed by atoms with E-state index in [2.05, 4.69) is 29.6 Å². The van der Waals surface area contributed by atoms with Crippen molar-refractivity contribution < 1.29 is 24.2 Å². The van der Waals surface area contributed by atoms with Crippen LogP contribution in [0.25, 0.3) is 11.1 Å². The largest absolute Gasteiger partial charge is 0.481 e. The summed E-state index contributed by atoms with van der Waals surface area (Å²) in [7, 11) is 1.66. The number of nitrogens with zero attached hydrogens (tertiary/aromatic N) is 1. The molecule has 0 atom stereocenters. The summed E-state index contributed by atoms with van der Waals surface area (Å²) < 4.78 is 5.61. The Bertz CT molecular complexity index is 999. The van der Waals surface area contributed by atoms with Crippen molar-refractivity contribution in [1.82, 2.24) is 10.2 Å². The monoisotopic (exact) mass is 464 g/mol. The zero-order valence-corrected chi connectivity index (χ0v) is 19.5. The standard InChI is InChI=1S/C27H32N2O5/c1-29(15-14-25(30)31)26(32)19-12-10-18(11-13-19)16-28-27(33)34-17-24-22-8-4-2-6-20(22)21-7-3-5-9-23(21)24/h2-9,18-19,24H,10-17H2,1H3,(H,28,33)(H,30,31). The van der Waals surface area contributed by atoms with Crippen LogP contribution in [0.1, 0.15) is 49.1 Å². The SMILES string of the molecule is CN(CCC(=O)O)C(=O)C1CCC(CNC(=O)OCC2c3ccccc3-c3ccccc32)CC1. The summed E-state index contributed by atoms with van der Waals surface area (Å²) in [5.41, 5.74) is 4.78. The van der Waals surface area contributed by atoms with Gasteiger partial charge in [0.2, 0.25) is 5.91 Å². The molecule has 2 aliphatic carbocycles. The van der Waals surface area contributed by atoms with E-state index in [1.807, 2.05) is 24.3 Å². The lowest BCUT2D eigenvalue weighted by Gasteiger charge is -2.30. The number of carboxylic acid groups (broad SMARTS) is 1. The molecule has 0 saturated heterocycles. The number of amides is 2. The van der Waals surface area contributed by atoms with E-state index in [0.29, 0.717) is 19.1 Å². The van der Waals surface area contributed by atoms with Gasteiger partial charge in [0, 0.05) is 32.0 Å². The lowest BCUT2D eigenvalue weighted by atomic mass is 9.81. The molecule has 7 heteroatoms. The van der Waals surface area contributed by atoms with Crippen molar-refractivity contribution in [3.63, 3.8) is 0 Å². The van der Waals surface area contributed by atoms with Crippen LogP contribution < -0.4 is 5.32 Å². The van der Waals surface area contributed by atoms with Crippen molar-refractivity contribution >= 4 is 18.0 Å². The molecule has 2 aliphatic rings. The number of rotatable bonds is 8. The molecule has 7 nitrogen and oxygen atoms in total. The molecule has 0 unspecified atom stereocenters. The first kappa shape index (κ1) is 23.8. The molecule has 2 amide bonds. The molecule has 1 saturated carbocycles. The molecule has 0 aromatic heterocycles. The fourth-order valence-corrected chi connectivity index (χ4v) is 5.18. The van der Waals surface area contributed by atoms with Crippen LogP contribution in [-0.2, 0) is 14.3 Å². The van der Waals surface area contributed by atoms with Crippen molar-refractivity contribution in [2.75, 3.05) is 26.7 Å². The third-order valence-corrected chi connectivity index (χ3v) is 7.11. The maximum atomic E-state index is 12.5. The highest BCUT2D eigenvalue weighted by atomic mass is 16.5. The lowest BCUT2D eigenvalue weighted by molar-refractivity contribution is -0.139. The zero-order valence-electron chi connectivity index (χ0n) is 19.5. The van der Waals surface area contributed by atoms with Crippen molar-refractivity contribution in [3.8, 4) is 11.1 Å². The van der Waals surface area contributed by atoms with E-state index in [4.69, 9.17) is 9.84 Å². The number of hydrogen-bond acceptors (Lipinski definition) is 4. The molecular formula is C27H32N2O5. The number of ether oxygens (including phenoxy) is 1. The number of nitrogens with one attached hydrogen (secondary N) is 1. The molecule has 2 aromatic rings. The van der Waals surface area contributed by atoms with Crippen molar-refractivity contribution in [2.45, 2.75) is 38.0 Å². The smallest absolute Gasteiger partial charge is 0.407 e. The number of alkyl carbamates (subject to hydrolysis) is 1. The lowest BCUT2D eigenvalue weighted by Crippen LogP contribution is -2.38. The Hall–Kier alpha value is -3.35. The maximum absolute atomic E-state index is 12.5. The molecule has 0 spiro atoms. The molecular weight excluding hydrogens is 432 g/mol. The van der Waals surface area contributed by atoms with Gasteiger partial charge in [-0.1, -0.05) is 48.5 Å². The second-order valence-corrected chi connectivity index (χ2v) is 9.33. The third-order valence-electron chi connectivity index (χ3n) is 7.11. The van der Waals surface area contributed by atoms with Gasteiger partial charge in [-0.05, 0) is 53.9 Å². The Kier molecular flexibility index (Phi) is 7.50. The first-order valence-electron chi connectivity index (χ1n) is 12.0. The van der Waals surface area contributed by atoms with Gasteiger partial charge in [0.05, 0.1) is 6.42 Å². The van der Waals surface area contributed by atoms with Gasteiger partial charge < -0.3 is 20.1 Å². The third kappa shape index (κ3) is 5.41. The summed E-state index contributed by atoms with van der Waals surface area (Å²) in [6.45, 7) is 1.06. The summed E-state index contributed by atoms with van der Waals surface area (Å²) in [5.74, 6) is -0.595. The van der Waals surface area contributed by atoms with Crippen LogP contribution in [0.4, 0.5) is 4.79 Å². The molecule has 4 rings (SSSR count). The predicted octanol–water partition coefficient (Wildman–Crippen LogP) is 4.26. The van der Waals surface area contributed by atoms with Gasteiger partial charge in [-0.15, -0.1) is 0 Å². The minimum Gasteiger partial charge on any atom is -0.481 e. The van der Waals surface area contributed by atoms with Crippen LogP contribution in [0.2, 0.25) is 0 Å². The second-order valence-electron chi connectivity index (χ2n) is 9.33. The van der Waals surface area contributed by atoms with Gasteiger partial charge in [0.25, 0.3) is 0 Å². The minimum atomic E-state index is -0.900. The van der Waals surface area contributed by atoms with E-state index in [1.165, 1.54) is 27.2 Å². The van der Waals surface area contributed by atoms with Crippen molar-refractivity contribution in [2.24, 2.45) is 11.8 Å². The van der Waals surface area contributed by atoms with E-state index in [-0.39, 0.29) is 30.7 Å². The molecule has 34 heavy (non-hydrogen) atoms. The first-order chi connectivity index (χ1) is 16.4. The molecule has 2 aromatic carbocycles. The van der Waals surface area contributed by atoms with Crippen LogP contribution >= 0.6 is 0 Å². The summed E-state index contributed by atoms with van der Waals surface area (Å²) in [4.78, 5) is 37.2. The van der Waals surface area contributed by atoms with Gasteiger partial charge in [0.1, 0.15) is 6.61 Å². The second kappa shape index (κ2) is 10.7. The van der Waals surface area contributed by atoms with Crippen molar-refractivity contribution in [1.29, 1.82) is 0 Å². The van der Waals surface area contributed by atoms with Gasteiger partial charge in [-0.25, -0.2) is 4.79 Å². The summed E-state index contributed by atoms with van der Waals surface area (Å²) in [6.07, 6.45) is 2.77. The molecule has 0 aliphatic heterocycles. The molecule has 0 heterocycles. The number of fused-ring (bicyclic) bond motifs is 3. The fourth-order valence-electron chi connectivity index (χ4n) is 5.18. The Balaban J connectivity index is 1.21. The summed E-state index contributed by atoms with van der Waals surface area (Å²) in [5, 5.41) is 11.7. The number of carboxylic acids is 1. The quantitative estimate of drug-likeness (QED) is 0.608. The number of aliphatic carboxylic acids is 1. The molecule has 0 radical (unpaired) electrons. The average Bonchev–Trinajstić information content (AvgIpc) is 3.18. The Morgan fingerprint density at radius 1 is 0.971 bits per heavy atom. The van der Waals surface area contributed by atoms with Gasteiger partial charge in [-0.2, -0.15) is 0 Å². The normalized spacial score (nSPS) is 19.1. The van der Waals surface area contributed by atoms with Crippen LogP contribution in [0.5, 0.6) is 0 Å². The van der Waals surface area contributed by atoms with E-state index >= 15 is 0 Å². The summed E-state index contributed by atoms with van der Waals surface area (Å²) >= 11 is 0. The first-order valence-corrected chi connectivity index (χ1v) is 12.0. The van der Waals surface area contributed by atoms with E-state index in [1.54, 1.807) is 7.05 Å². The summed E-state index contributed by atoms with van der Waals surface area (Å²) in [6, 6.07) is 16.5. The fraction of sp³-hybridized carbons (Fsp3) is 0.444. The Morgan fingerprint density at radius 3 is 2.15 bits per heavy atom. The van der Waals surface area contributed by atoms with E-state index in [9.17, 15) is 14.4 Å². The van der Waals surface area contributed by atoms with E-state index < -0.39 is 12.1 Å². The molecule has 1 fully saturated rings. The van der Waals surface area contributed by atoms with Crippen molar-refractivity contribution in [3.05, 3.63) is 59.7 Å². The van der Waals surface area contributed by atoms with Crippen LogP contribution in [0.3, 0.4) is 0 Å². The van der Waals surface area contributed by atoms with Crippen LogP contribution in [0.15, 0.2) is 48.5 Å². The van der Waals surface area contributed by atoms with Crippen LogP contribution in [-0.4, -0.2) is 54.7 Å². The number of benzene rings is 2. The highest BCUT2D eigenvalue weighted by Gasteiger charge is 2.30. The number of carbonyl (C=O) groups excluding carboxylic acids is 2. The Labute approximate surface area is 200 Å². The van der Waals surface area contributed by atoms with Gasteiger partial charge in [-0.3, -0.25) is 9.59 Å². The average molecular weight is 465 g/mol. The highest BCUT2D eigenvalue weighted by Crippen LogP contribution is 2.44. The minimum absolute atomic E-state index is 0.0178. The zero-order chi connectivity index (χ0) is 24.1. The maximum Gasteiger partial charge on any atom is 0.407 e. The van der Waals surface area contributed by atoms with E-state index in [0.717, 1.165) is 25.7 Å².